The van der Waals surface area contributed by atoms with Crippen molar-refractivity contribution in [2.45, 2.75) is 9.79 Å². The molecule has 0 radical (unpaired) electrons. The third-order valence-corrected chi connectivity index (χ3v) is 7.65. The molecular formula is C24H16N2O8S2. The molecular weight excluding hydrogens is 508 g/mol. The lowest BCUT2D eigenvalue weighted by Gasteiger charge is -2.06. The van der Waals surface area contributed by atoms with Crippen molar-refractivity contribution in [3.8, 4) is 22.9 Å². The van der Waals surface area contributed by atoms with Gasteiger partial charge in [-0.05, 0) is 60.7 Å². The maximum Gasteiger partial charge on any atom is 0.347 e. The summed E-state index contributed by atoms with van der Waals surface area (Å²) in [7, 11) is -7.00. The number of hydrogen-bond donors (Lipinski definition) is 0. The minimum atomic E-state index is -3.50. The van der Waals surface area contributed by atoms with Gasteiger partial charge in [0.1, 0.15) is 0 Å². The van der Waals surface area contributed by atoms with Crippen LogP contribution in [0.5, 0.6) is 0 Å². The van der Waals surface area contributed by atoms with Gasteiger partial charge in [0.25, 0.3) is 0 Å². The van der Waals surface area contributed by atoms with E-state index < -0.39 is 30.9 Å². The fourth-order valence-corrected chi connectivity index (χ4v) is 4.86. The van der Waals surface area contributed by atoms with E-state index in [-0.39, 0.29) is 43.4 Å². The largest absolute Gasteiger partial charge is 0.403 e. The van der Waals surface area contributed by atoms with Gasteiger partial charge in [0.2, 0.25) is 11.8 Å². The highest BCUT2D eigenvalue weighted by Gasteiger charge is 2.15. The van der Waals surface area contributed by atoms with Crippen LogP contribution in [0.2, 0.25) is 0 Å². The van der Waals surface area contributed by atoms with Crippen molar-refractivity contribution in [1.29, 1.82) is 0 Å². The fourth-order valence-electron chi connectivity index (χ4n) is 3.57. The Morgan fingerprint density at radius 3 is 1.28 bits per heavy atom. The average Bonchev–Trinajstić information content (AvgIpc) is 2.82. The smallest absolute Gasteiger partial charge is 0.347 e. The van der Waals surface area contributed by atoms with Crippen LogP contribution in [0.4, 0.5) is 0 Å². The van der Waals surface area contributed by atoms with E-state index in [1.165, 1.54) is 36.4 Å². The summed E-state index contributed by atoms with van der Waals surface area (Å²) in [5, 5.41) is 0.0823. The van der Waals surface area contributed by atoms with Gasteiger partial charge in [-0.15, -0.1) is 0 Å². The zero-order valence-electron chi connectivity index (χ0n) is 18.8. The molecule has 0 saturated carbocycles. The summed E-state index contributed by atoms with van der Waals surface area (Å²) in [5.74, 6) is 0.0415. The molecule has 2 heterocycles. The van der Waals surface area contributed by atoms with Crippen molar-refractivity contribution in [3.63, 3.8) is 0 Å². The third kappa shape index (κ3) is 4.32. The second-order valence-corrected chi connectivity index (χ2v) is 12.1. The van der Waals surface area contributed by atoms with Crippen LogP contribution in [0.15, 0.2) is 88.9 Å². The molecule has 10 nitrogen and oxygen atoms in total. The van der Waals surface area contributed by atoms with E-state index in [0.29, 0.717) is 11.1 Å². The molecule has 0 atom stereocenters. The number of fused-ring (bicyclic) bond motifs is 2. The van der Waals surface area contributed by atoms with E-state index in [4.69, 9.17) is 8.83 Å². The number of benzene rings is 3. The SMILES string of the molecule is CS(=O)(=O)c1ccc2nc(-c3ccc(-c4nc5ccc(S(C)(=O)=O)cc5c(=O)o4)cc3)oc(=O)c2c1. The summed E-state index contributed by atoms with van der Waals surface area (Å²) in [6.45, 7) is 0. The Hall–Kier alpha value is -4.16. The molecule has 182 valence electrons. The highest BCUT2D eigenvalue weighted by Crippen LogP contribution is 2.25. The van der Waals surface area contributed by atoms with Gasteiger partial charge >= 0.3 is 11.3 Å². The molecule has 0 unspecified atom stereocenters. The van der Waals surface area contributed by atoms with E-state index in [1.807, 2.05) is 0 Å². The van der Waals surface area contributed by atoms with E-state index in [9.17, 15) is 26.4 Å². The molecule has 2 aromatic heterocycles. The van der Waals surface area contributed by atoms with Gasteiger partial charge in [0, 0.05) is 23.6 Å². The summed E-state index contributed by atoms with van der Waals surface area (Å²) in [4.78, 5) is 33.6. The normalized spacial score (nSPS) is 12.3. The van der Waals surface area contributed by atoms with Crippen molar-refractivity contribution in [2.75, 3.05) is 12.5 Å². The summed E-state index contributed by atoms with van der Waals surface area (Å²) >= 11 is 0. The average molecular weight is 525 g/mol. The molecule has 0 saturated heterocycles. The Balaban J connectivity index is 1.53. The first-order chi connectivity index (χ1) is 16.9. The number of sulfone groups is 2. The summed E-state index contributed by atoms with van der Waals surface area (Å²) in [5.41, 5.74) is -0.0287. The number of aromatic nitrogens is 2. The van der Waals surface area contributed by atoms with Crippen LogP contribution >= 0.6 is 0 Å². The van der Waals surface area contributed by atoms with Gasteiger partial charge in [-0.1, -0.05) is 0 Å². The van der Waals surface area contributed by atoms with Crippen molar-refractivity contribution in [3.05, 3.63) is 81.5 Å². The standard InChI is InChI=1S/C24H16N2O8S2/c1-35(29,30)15-7-9-19-17(11-15)23(27)33-21(25-19)13-3-5-14(6-4-13)22-26-20-10-8-16(36(2,31)32)12-18(20)24(28)34-22/h3-12H,1-2H3. The summed E-state index contributed by atoms with van der Waals surface area (Å²) in [6, 6.07) is 14.4. The fraction of sp³-hybridized carbons (Fsp3) is 0.0833. The molecule has 5 rings (SSSR count). The van der Waals surface area contributed by atoms with Crippen molar-refractivity contribution in [2.24, 2.45) is 0 Å². The first kappa shape index (κ1) is 23.6. The predicted octanol–water partition coefficient (Wildman–Crippen LogP) is 2.83. The lowest BCUT2D eigenvalue weighted by Crippen LogP contribution is -2.06. The molecule has 0 aliphatic carbocycles. The Morgan fingerprint density at radius 2 is 0.944 bits per heavy atom. The second kappa shape index (κ2) is 8.21. The molecule has 0 bridgehead atoms. The monoisotopic (exact) mass is 524 g/mol. The van der Waals surface area contributed by atoms with Gasteiger partial charge in [-0.3, -0.25) is 0 Å². The van der Waals surface area contributed by atoms with Crippen LogP contribution in [0.1, 0.15) is 0 Å². The molecule has 36 heavy (non-hydrogen) atoms. The highest BCUT2D eigenvalue weighted by molar-refractivity contribution is 7.91. The molecule has 3 aromatic carbocycles. The molecule has 0 amide bonds. The number of hydrogen-bond acceptors (Lipinski definition) is 10. The van der Waals surface area contributed by atoms with E-state index >= 15 is 0 Å². The first-order valence-electron chi connectivity index (χ1n) is 10.3. The van der Waals surface area contributed by atoms with Gasteiger partial charge in [-0.25, -0.2) is 36.4 Å². The first-order valence-corrected chi connectivity index (χ1v) is 14.1. The zero-order chi connectivity index (χ0) is 25.8. The highest BCUT2D eigenvalue weighted by atomic mass is 32.2. The molecule has 0 aliphatic rings. The van der Waals surface area contributed by atoms with E-state index in [0.717, 1.165) is 12.5 Å². The Bertz CT molecular complexity index is 1880. The molecule has 0 fully saturated rings. The van der Waals surface area contributed by atoms with Crippen LogP contribution in [0, 0.1) is 0 Å². The molecule has 0 aliphatic heterocycles. The molecule has 0 spiro atoms. The van der Waals surface area contributed by atoms with Crippen molar-refractivity contribution in [1.82, 2.24) is 9.97 Å². The summed E-state index contributed by atoms with van der Waals surface area (Å²) in [6.07, 6.45) is 2.08. The maximum atomic E-state index is 12.5. The quantitative estimate of drug-likeness (QED) is 0.343. The minimum Gasteiger partial charge on any atom is -0.403 e. The summed E-state index contributed by atoms with van der Waals surface area (Å²) < 4.78 is 57.7. The van der Waals surface area contributed by atoms with E-state index in [1.54, 1.807) is 24.3 Å². The predicted molar refractivity (Wildman–Crippen MR) is 131 cm³/mol. The van der Waals surface area contributed by atoms with Crippen LogP contribution in [0.3, 0.4) is 0 Å². The molecule has 0 N–H and O–H groups in total. The Kier molecular flexibility index (Phi) is 5.38. The minimum absolute atomic E-state index is 0.0156. The van der Waals surface area contributed by atoms with Crippen molar-refractivity contribution >= 4 is 41.5 Å². The zero-order valence-corrected chi connectivity index (χ0v) is 20.4. The van der Waals surface area contributed by atoms with Gasteiger partial charge in [0.05, 0.1) is 31.6 Å². The van der Waals surface area contributed by atoms with Gasteiger partial charge < -0.3 is 8.83 Å². The van der Waals surface area contributed by atoms with Crippen LogP contribution < -0.4 is 11.3 Å². The Labute approximate surface area is 203 Å². The van der Waals surface area contributed by atoms with Gasteiger partial charge in [-0.2, -0.15) is 0 Å². The van der Waals surface area contributed by atoms with Crippen LogP contribution in [0.25, 0.3) is 44.7 Å². The van der Waals surface area contributed by atoms with Crippen LogP contribution in [-0.2, 0) is 19.7 Å². The van der Waals surface area contributed by atoms with E-state index in [2.05, 4.69) is 9.97 Å². The number of nitrogens with zero attached hydrogens (tertiary/aromatic N) is 2. The third-order valence-electron chi connectivity index (χ3n) is 5.43. The lowest BCUT2D eigenvalue weighted by molar-refractivity contribution is 0.516. The Morgan fingerprint density at radius 1 is 0.583 bits per heavy atom. The number of rotatable bonds is 4. The van der Waals surface area contributed by atoms with Gasteiger partial charge in [0.15, 0.2) is 19.7 Å². The topological polar surface area (TPSA) is 154 Å². The molecule has 12 heteroatoms. The maximum absolute atomic E-state index is 12.5. The molecule has 5 aromatic rings. The lowest BCUT2D eigenvalue weighted by atomic mass is 10.1. The van der Waals surface area contributed by atoms with Crippen LogP contribution in [-0.4, -0.2) is 39.3 Å². The second-order valence-electron chi connectivity index (χ2n) is 8.09. The van der Waals surface area contributed by atoms with Crippen molar-refractivity contribution < 1.29 is 25.7 Å².